The maximum absolute atomic E-state index is 12.7. The minimum absolute atomic E-state index is 0.00372. The monoisotopic (exact) mass is 674 g/mol. The van der Waals surface area contributed by atoms with Gasteiger partial charge in [-0.15, -0.1) is 11.8 Å². The molecule has 284 valence electrons. The molecule has 0 aliphatic heterocycles. The van der Waals surface area contributed by atoms with Crippen molar-refractivity contribution in [2.75, 3.05) is 20.6 Å². The highest BCUT2D eigenvalue weighted by atomic mass is 16.5. The lowest BCUT2D eigenvalue weighted by Crippen LogP contribution is -2.20. The Morgan fingerprint density at radius 2 is 1.06 bits per heavy atom. The number of hydrogen-bond donors (Lipinski definition) is 0. The fourth-order valence-corrected chi connectivity index (χ4v) is 6.98. The van der Waals surface area contributed by atoms with Gasteiger partial charge in [0, 0.05) is 19.3 Å². The molecule has 0 aliphatic rings. The van der Waals surface area contributed by atoms with Crippen molar-refractivity contribution in [2.24, 2.45) is 16.7 Å². The van der Waals surface area contributed by atoms with Gasteiger partial charge in [0.15, 0.2) is 0 Å². The Hall–Kier alpha value is -1.01. The summed E-state index contributed by atoms with van der Waals surface area (Å²) in [4.78, 5) is 14.8. The highest BCUT2D eigenvalue weighted by Gasteiger charge is 2.19. The maximum atomic E-state index is 12.7. The molecular weight excluding hydrogens is 587 g/mol. The Balaban J connectivity index is 4.57. The molecule has 3 nitrogen and oxygen atoms in total. The molecule has 0 aromatic carbocycles. The summed E-state index contributed by atoms with van der Waals surface area (Å²) >= 11 is 0. The van der Waals surface area contributed by atoms with Crippen molar-refractivity contribution in [3.63, 3.8) is 0 Å². The first-order valence-electron chi connectivity index (χ1n) is 21.2. The Labute approximate surface area is 303 Å². The van der Waals surface area contributed by atoms with Crippen LogP contribution in [-0.4, -0.2) is 37.6 Å². The van der Waals surface area contributed by atoms with Crippen molar-refractivity contribution >= 4 is 5.97 Å². The molecule has 0 aliphatic carbocycles. The van der Waals surface area contributed by atoms with E-state index in [1.54, 1.807) is 0 Å². The summed E-state index contributed by atoms with van der Waals surface area (Å²) in [5.41, 5.74) is 0.725. The molecule has 1 atom stereocenters. The molecule has 0 aromatic heterocycles. The van der Waals surface area contributed by atoms with E-state index in [1.165, 1.54) is 135 Å². The van der Waals surface area contributed by atoms with E-state index in [9.17, 15) is 4.79 Å². The zero-order valence-corrected chi connectivity index (χ0v) is 34.4. The Bertz CT molecular complexity index is 781. The van der Waals surface area contributed by atoms with E-state index in [-0.39, 0.29) is 17.5 Å². The van der Waals surface area contributed by atoms with Gasteiger partial charge in [0.25, 0.3) is 0 Å². The molecule has 0 fully saturated rings. The quantitative estimate of drug-likeness (QED) is 0.0394. The lowest BCUT2D eigenvalue weighted by atomic mass is 9.81. The van der Waals surface area contributed by atoms with E-state index in [2.05, 4.69) is 79.3 Å². The third kappa shape index (κ3) is 31.0. The second kappa shape index (κ2) is 30.8. The van der Waals surface area contributed by atoms with Crippen LogP contribution in [0, 0.1) is 28.6 Å². The van der Waals surface area contributed by atoms with Gasteiger partial charge in [0.1, 0.15) is 6.10 Å². The Morgan fingerprint density at radius 1 is 0.583 bits per heavy atom. The van der Waals surface area contributed by atoms with Gasteiger partial charge in [-0.1, -0.05) is 145 Å². The van der Waals surface area contributed by atoms with Crippen LogP contribution < -0.4 is 0 Å². The van der Waals surface area contributed by atoms with Crippen molar-refractivity contribution in [3.8, 4) is 11.8 Å². The van der Waals surface area contributed by atoms with Crippen molar-refractivity contribution in [2.45, 2.75) is 234 Å². The minimum Gasteiger partial charge on any atom is -0.462 e. The van der Waals surface area contributed by atoms with Crippen molar-refractivity contribution < 1.29 is 9.53 Å². The summed E-state index contributed by atoms with van der Waals surface area (Å²) in [5, 5.41) is 0. The molecule has 1 unspecified atom stereocenters. The second-order valence-corrected chi connectivity index (χ2v) is 17.3. The van der Waals surface area contributed by atoms with Crippen LogP contribution in [0.25, 0.3) is 0 Å². The van der Waals surface area contributed by atoms with Crippen LogP contribution in [0.15, 0.2) is 0 Å². The van der Waals surface area contributed by atoms with Crippen LogP contribution in [0.1, 0.15) is 228 Å². The number of hydrogen-bond acceptors (Lipinski definition) is 3. The fourth-order valence-electron chi connectivity index (χ4n) is 6.98. The van der Waals surface area contributed by atoms with Gasteiger partial charge < -0.3 is 9.64 Å². The zero-order chi connectivity index (χ0) is 35.9. The van der Waals surface area contributed by atoms with Gasteiger partial charge in [0.2, 0.25) is 0 Å². The average molecular weight is 674 g/mol. The lowest BCUT2D eigenvalue weighted by molar-refractivity contribution is -0.150. The van der Waals surface area contributed by atoms with Gasteiger partial charge in [-0.25, -0.2) is 0 Å². The van der Waals surface area contributed by atoms with E-state index in [1.807, 2.05) is 0 Å². The van der Waals surface area contributed by atoms with Crippen molar-refractivity contribution in [1.82, 2.24) is 4.90 Å². The average Bonchev–Trinajstić information content (AvgIpc) is 3.02. The van der Waals surface area contributed by atoms with E-state index >= 15 is 0 Å². The predicted octanol–water partition coefficient (Wildman–Crippen LogP) is 14.1. The van der Waals surface area contributed by atoms with Crippen LogP contribution in [-0.2, 0) is 9.53 Å². The molecule has 0 saturated carbocycles. The summed E-state index contributed by atoms with van der Waals surface area (Å²) in [6, 6.07) is 0. The van der Waals surface area contributed by atoms with E-state index in [4.69, 9.17) is 4.74 Å². The third-order valence-electron chi connectivity index (χ3n) is 10.5. The molecule has 48 heavy (non-hydrogen) atoms. The van der Waals surface area contributed by atoms with Crippen LogP contribution in [0.3, 0.4) is 0 Å². The van der Waals surface area contributed by atoms with Crippen LogP contribution >= 0.6 is 0 Å². The molecule has 0 amide bonds. The summed E-state index contributed by atoms with van der Waals surface area (Å²) in [6.07, 6.45) is 34.6. The minimum atomic E-state index is 0.00372. The van der Waals surface area contributed by atoms with Gasteiger partial charge in [-0.05, 0) is 102 Å². The van der Waals surface area contributed by atoms with Gasteiger partial charge in [-0.3, -0.25) is 4.79 Å². The predicted molar refractivity (Wildman–Crippen MR) is 214 cm³/mol. The smallest absolute Gasteiger partial charge is 0.306 e. The molecule has 0 heterocycles. The number of carbonyl (C=O) groups excluding carboxylic acids is 1. The first kappa shape index (κ1) is 47.0. The number of esters is 1. The largest absolute Gasteiger partial charge is 0.462 e. The summed E-state index contributed by atoms with van der Waals surface area (Å²) in [6.45, 7) is 17.5. The molecule has 0 radical (unpaired) electrons. The number of carbonyl (C=O) groups is 1. The number of unbranched alkanes of at least 4 members (excludes halogenated alkanes) is 12. The first-order valence-corrected chi connectivity index (χ1v) is 21.2. The Kier molecular flexibility index (Phi) is 30.1. The molecule has 0 bridgehead atoms. The molecule has 0 N–H and O–H groups in total. The van der Waals surface area contributed by atoms with Gasteiger partial charge in [0.05, 0.1) is 0 Å². The molecular formula is C45H87NO2. The molecule has 0 aromatic rings. The number of ether oxygens (including phenoxy) is 1. The summed E-state index contributed by atoms with van der Waals surface area (Å²) in [5.74, 6) is 7.93. The summed E-state index contributed by atoms with van der Waals surface area (Å²) < 4.78 is 6.09. The molecule has 0 saturated heterocycles. The van der Waals surface area contributed by atoms with Crippen LogP contribution in [0.2, 0.25) is 0 Å². The standard InChI is InChI=1S/C45H87NO2/c1-10-13-16-17-18-19-25-36-44(4,5)37-26-20-22-33-42(48-43(47)35-29-40-46(8)9)34-23-21-27-38-45(6,7)39-28-24-32-41(30-14-11-2)31-15-12-3/h41-42H,10-23,25-27,29-40H2,1-9H3. The van der Waals surface area contributed by atoms with Crippen molar-refractivity contribution in [1.29, 1.82) is 0 Å². The normalized spacial score (nSPS) is 12.8. The first-order chi connectivity index (χ1) is 22.9. The lowest BCUT2D eigenvalue weighted by Gasteiger charge is -2.25. The highest BCUT2D eigenvalue weighted by Crippen LogP contribution is 2.31. The van der Waals surface area contributed by atoms with Crippen molar-refractivity contribution in [3.05, 3.63) is 0 Å². The SMILES string of the molecule is CCCCCCCCCC(C)(C)CCCCCC(CCCCCC(C)(C)CC#CCC(CCCC)CCCC)OC(=O)CCCN(C)C. The van der Waals surface area contributed by atoms with Gasteiger partial charge >= 0.3 is 5.97 Å². The highest BCUT2D eigenvalue weighted by molar-refractivity contribution is 5.69. The Morgan fingerprint density at radius 3 is 1.58 bits per heavy atom. The zero-order valence-electron chi connectivity index (χ0n) is 34.4. The maximum Gasteiger partial charge on any atom is 0.306 e. The molecule has 0 spiro atoms. The molecule has 0 rings (SSSR count). The third-order valence-corrected chi connectivity index (χ3v) is 10.5. The molecule has 3 heteroatoms. The van der Waals surface area contributed by atoms with E-state index in [0.29, 0.717) is 11.8 Å². The number of nitrogens with zero attached hydrogens (tertiary/aromatic N) is 1. The second-order valence-electron chi connectivity index (χ2n) is 17.3. The van der Waals surface area contributed by atoms with Crippen LogP contribution in [0.4, 0.5) is 0 Å². The topological polar surface area (TPSA) is 29.5 Å². The van der Waals surface area contributed by atoms with Crippen LogP contribution in [0.5, 0.6) is 0 Å². The number of rotatable bonds is 33. The fraction of sp³-hybridized carbons (Fsp3) is 0.933. The van der Waals surface area contributed by atoms with E-state index < -0.39 is 0 Å². The van der Waals surface area contributed by atoms with E-state index in [0.717, 1.165) is 51.0 Å². The summed E-state index contributed by atoms with van der Waals surface area (Å²) in [7, 11) is 4.13. The van der Waals surface area contributed by atoms with Gasteiger partial charge in [-0.2, -0.15) is 0 Å².